The number of nitrogens with zero attached hydrogens (tertiary/aromatic N) is 3. The number of hydrogen-bond donors (Lipinski definition) is 0. The zero-order valence-electron chi connectivity index (χ0n) is 13.3. The lowest BCUT2D eigenvalue weighted by molar-refractivity contribution is -0.118. The standard InChI is InChI=1S/C17H27N3O/c1-3-17(21)20(16-9-6-5-7-10-16)14-13-19-12-8-11-18(4-2)15-19/h5-7,9-10H,3-4,8,11-15H2,1-2H3. The summed E-state index contributed by atoms with van der Waals surface area (Å²) in [5.41, 5.74) is 1.01. The highest BCUT2D eigenvalue weighted by Gasteiger charge is 2.19. The summed E-state index contributed by atoms with van der Waals surface area (Å²) in [5.74, 6) is 0.200. The van der Waals surface area contributed by atoms with Crippen molar-refractivity contribution in [1.29, 1.82) is 0 Å². The summed E-state index contributed by atoms with van der Waals surface area (Å²) >= 11 is 0. The molecular weight excluding hydrogens is 262 g/mol. The Balaban J connectivity index is 1.95. The minimum Gasteiger partial charge on any atom is -0.311 e. The Labute approximate surface area is 128 Å². The molecule has 0 atom stereocenters. The molecule has 1 aliphatic heterocycles. The summed E-state index contributed by atoms with van der Waals surface area (Å²) in [6.07, 6.45) is 1.77. The lowest BCUT2D eigenvalue weighted by Crippen LogP contribution is -2.47. The van der Waals surface area contributed by atoms with Gasteiger partial charge in [-0.05, 0) is 25.1 Å². The van der Waals surface area contributed by atoms with E-state index in [-0.39, 0.29) is 5.91 Å². The highest BCUT2D eigenvalue weighted by molar-refractivity contribution is 5.93. The molecule has 1 aromatic carbocycles. The van der Waals surface area contributed by atoms with Crippen LogP contribution in [0.25, 0.3) is 0 Å². The van der Waals surface area contributed by atoms with E-state index in [1.165, 1.54) is 13.0 Å². The normalized spacial score (nSPS) is 16.9. The predicted octanol–water partition coefficient (Wildman–Crippen LogP) is 2.41. The van der Waals surface area contributed by atoms with Crippen molar-refractivity contribution in [3.63, 3.8) is 0 Å². The Morgan fingerprint density at radius 1 is 1.14 bits per heavy atom. The second kappa shape index (κ2) is 8.15. The van der Waals surface area contributed by atoms with Crippen molar-refractivity contribution in [2.24, 2.45) is 0 Å². The molecule has 1 aliphatic rings. The van der Waals surface area contributed by atoms with Crippen molar-refractivity contribution in [2.45, 2.75) is 26.7 Å². The van der Waals surface area contributed by atoms with E-state index in [1.54, 1.807) is 0 Å². The third kappa shape index (κ3) is 4.55. The van der Waals surface area contributed by atoms with Crippen LogP contribution < -0.4 is 4.90 Å². The van der Waals surface area contributed by atoms with E-state index in [0.29, 0.717) is 6.42 Å². The molecule has 0 aliphatic carbocycles. The maximum atomic E-state index is 12.2. The Morgan fingerprint density at radius 3 is 2.52 bits per heavy atom. The first-order valence-corrected chi connectivity index (χ1v) is 8.04. The van der Waals surface area contributed by atoms with Gasteiger partial charge in [0.25, 0.3) is 0 Å². The highest BCUT2D eigenvalue weighted by atomic mass is 16.2. The highest BCUT2D eigenvalue weighted by Crippen LogP contribution is 2.15. The van der Waals surface area contributed by atoms with Gasteiger partial charge in [0.2, 0.25) is 5.91 Å². The molecule has 1 saturated heterocycles. The summed E-state index contributed by atoms with van der Waals surface area (Å²) < 4.78 is 0. The lowest BCUT2D eigenvalue weighted by atomic mass is 10.2. The van der Waals surface area contributed by atoms with E-state index in [4.69, 9.17) is 0 Å². The van der Waals surface area contributed by atoms with Crippen LogP contribution >= 0.6 is 0 Å². The van der Waals surface area contributed by atoms with Crippen molar-refractivity contribution in [2.75, 3.05) is 44.3 Å². The monoisotopic (exact) mass is 289 g/mol. The number of para-hydroxylation sites is 1. The third-order valence-corrected chi connectivity index (χ3v) is 4.11. The van der Waals surface area contributed by atoms with Gasteiger partial charge in [-0.2, -0.15) is 0 Å². The fourth-order valence-electron chi connectivity index (χ4n) is 2.82. The molecule has 0 saturated carbocycles. The van der Waals surface area contributed by atoms with Gasteiger partial charge < -0.3 is 4.90 Å². The minimum atomic E-state index is 0.200. The van der Waals surface area contributed by atoms with Gasteiger partial charge >= 0.3 is 0 Å². The summed E-state index contributed by atoms with van der Waals surface area (Å²) in [5, 5.41) is 0. The van der Waals surface area contributed by atoms with Crippen molar-refractivity contribution in [1.82, 2.24) is 9.80 Å². The number of amides is 1. The van der Waals surface area contributed by atoms with E-state index in [1.807, 2.05) is 42.2 Å². The van der Waals surface area contributed by atoms with Crippen LogP contribution in [0.1, 0.15) is 26.7 Å². The number of carbonyl (C=O) groups is 1. The molecule has 0 aromatic heterocycles. The maximum Gasteiger partial charge on any atom is 0.226 e. The molecule has 4 heteroatoms. The summed E-state index contributed by atoms with van der Waals surface area (Å²) in [7, 11) is 0. The van der Waals surface area contributed by atoms with Crippen LogP contribution in [-0.2, 0) is 4.79 Å². The topological polar surface area (TPSA) is 26.8 Å². The number of carbonyl (C=O) groups excluding carboxylic acids is 1. The van der Waals surface area contributed by atoms with Crippen LogP contribution in [0.3, 0.4) is 0 Å². The van der Waals surface area contributed by atoms with Crippen molar-refractivity contribution < 1.29 is 4.79 Å². The van der Waals surface area contributed by atoms with Crippen LogP contribution in [0.4, 0.5) is 5.69 Å². The molecule has 0 spiro atoms. The van der Waals surface area contributed by atoms with Crippen LogP contribution in [0, 0.1) is 0 Å². The second-order valence-electron chi connectivity index (χ2n) is 5.56. The van der Waals surface area contributed by atoms with Crippen molar-refractivity contribution >= 4 is 11.6 Å². The average molecular weight is 289 g/mol. The van der Waals surface area contributed by atoms with Crippen LogP contribution in [0.2, 0.25) is 0 Å². The predicted molar refractivity (Wildman–Crippen MR) is 87.4 cm³/mol. The fourth-order valence-corrected chi connectivity index (χ4v) is 2.82. The maximum absolute atomic E-state index is 12.2. The van der Waals surface area contributed by atoms with Gasteiger partial charge in [-0.25, -0.2) is 0 Å². The third-order valence-electron chi connectivity index (χ3n) is 4.11. The molecule has 4 nitrogen and oxygen atoms in total. The molecular formula is C17H27N3O. The molecule has 0 N–H and O–H groups in total. The van der Waals surface area contributed by atoms with Gasteiger partial charge in [-0.1, -0.05) is 32.0 Å². The first-order valence-electron chi connectivity index (χ1n) is 8.04. The number of anilines is 1. The SMILES string of the molecule is CCC(=O)N(CCN1CCCN(CC)C1)c1ccccc1. The molecule has 1 aromatic rings. The Morgan fingerprint density at radius 2 is 1.86 bits per heavy atom. The van der Waals surface area contributed by atoms with E-state index >= 15 is 0 Å². The molecule has 1 fully saturated rings. The fraction of sp³-hybridized carbons (Fsp3) is 0.588. The molecule has 0 radical (unpaired) electrons. The summed E-state index contributed by atoms with van der Waals surface area (Å²) in [6, 6.07) is 10.0. The molecule has 116 valence electrons. The summed E-state index contributed by atoms with van der Waals surface area (Å²) in [6.45, 7) is 10.3. The van der Waals surface area contributed by atoms with Crippen LogP contribution in [-0.4, -0.2) is 55.1 Å². The lowest BCUT2D eigenvalue weighted by Gasteiger charge is -2.36. The van der Waals surface area contributed by atoms with Gasteiger partial charge in [0.05, 0.1) is 6.67 Å². The Kier molecular flexibility index (Phi) is 6.21. The zero-order chi connectivity index (χ0) is 15.1. The number of hydrogen-bond acceptors (Lipinski definition) is 3. The number of benzene rings is 1. The first-order chi connectivity index (χ1) is 10.2. The van der Waals surface area contributed by atoms with Crippen molar-refractivity contribution in [3.05, 3.63) is 30.3 Å². The van der Waals surface area contributed by atoms with Gasteiger partial charge in [-0.3, -0.25) is 14.6 Å². The van der Waals surface area contributed by atoms with Crippen LogP contribution in [0.15, 0.2) is 30.3 Å². The molecule has 1 heterocycles. The minimum absolute atomic E-state index is 0.200. The van der Waals surface area contributed by atoms with E-state index < -0.39 is 0 Å². The molecule has 2 rings (SSSR count). The molecule has 21 heavy (non-hydrogen) atoms. The van der Waals surface area contributed by atoms with Crippen molar-refractivity contribution in [3.8, 4) is 0 Å². The molecule has 0 bridgehead atoms. The van der Waals surface area contributed by atoms with Gasteiger partial charge in [-0.15, -0.1) is 0 Å². The Bertz CT molecular complexity index is 435. The average Bonchev–Trinajstić information content (AvgIpc) is 2.56. The van der Waals surface area contributed by atoms with Gasteiger partial charge in [0, 0.05) is 38.3 Å². The summed E-state index contributed by atoms with van der Waals surface area (Å²) in [4.78, 5) is 19.0. The van der Waals surface area contributed by atoms with E-state index in [2.05, 4.69) is 16.7 Å². The van der Waals surface area contributed by atoms with E-state index in [0.717, 1.165) is 38.5 Å². The quantitative estimate of drug-likeness (QED) is 0.804. The van der Waals surface area contributed by atoms with Crippen LogP contribution in [0.5, 0.6) is 0 Å². The Hall–Kier alpha value is -1.39. The number of rotatable bonds is 6. The van der Waals surface area contributed by atoms with Gasteiger partial charge in [0.1, 0.15) is 0 Å². The largest absolute Gasteiger partial charge is 0.311 e. The molecule has 1 amide bonds. The second-order valence-corrected chi connectivity index (χ2v) is 5.56. The zero-order valence-corrected chi connectivity index (χ0v) is 13.3. The molecule has 0 unspecified atom stereocenters. The van der Waals surface area contributed by atoms with E-state index in [9.17, 15) is 4.79 Å². The van der Waals surface area contributed by atoms with Gasteiger partial charge in [0.15, 0.2) is 0 Å². The first kappa shape index (κ1) is 16.0. The smallest absolute Gasteiger partial charge is 0.226 e.